The van der Waals surface area contributed by atoms with E-state index in [4.69, 9.17) is 9.47 Å². The van der Waals surface area contributed by atoms with Crippen LogP contribution in [0.3, 0.4) is 0 Å². The topological polar surface area (TPSA) is 85.4 Å². The Kier molecular flexibility index (Phi) is 4.37. The van der Waals surface area contributed by atoms with Crippen LogP contribution in [0.2, 0.25) is 0 Å². The van der Waals surface area contributed by atoms with Crippen molar-refractivity contribution in [2.75, 3.05) is 12.1 Å². The summed E-state index contributed by atoms with van der Waals surface area (Å²) in [5.41, 5.74) is 1.15. The molecule has 0 saturated heterocycles. The van der Waals surface area contributed by atoms with Crippen molar-refractivity contribution < 1.29 is 14.3 Å². The maximum absolute atomic E-state index is 12.2. The highest BCUT2D eigenvalue weighted by Crippen LogP contribution is 2.34. The summed E-state index contributed by atoms with van der Waals surface area (Å²) in [5, 5.41) is 6.18. The van der Waals surface area contributed by atoms with Gasteiger partial charge in [0.25, 0.3) is 5.91 Å². The van der Waals surface area contributed by atoms with Crippen LogP contribution in [0, 0.1) is 0 Å². The van der Waals surface area contributed by atoms with Gasteiger partial charge in [-0.2, -0.15) is 0 Å². The smallest absolute Gasteiger partial charge is 0.271 e. The number of hydrogen-bond acceptors (Lipinski definition) is 6. The first kappa shape index (κ1) is 15.7. The van der Waals surface area contributed by atoms with E-state index in [9.17, 15) is 4.79 Å². The number of amides is 1. The number of aromatic nitrogens is 2. The van der Waals surface area contributed by atoms with Crippen molar-refractivity contribution in [3.05, 3.63) is 36.3 Å². The molecule has 1 aromatic carbocycles. The molecule has 1 fully saturated rings. The maximum Gasteiger partial charge on any atom is 0.271 e. The number of benzene rings is 1. The van der Waals surface area contributed by atoms with E-state index >= 15 is 0 Å². The van der Waals surface area contributed by atoms with Gasteiger partial charge in [-0.3, -0.25) is 4.79 Å². The molecule has 1 amide bonds. The normalized spacial score (nSPS) is 16.5. The lowest BCUT2D eigenvalue weighted by Crippen LogP contribution is -2.36. The average Bonchev–Trinajstić information content (AvgIpc) is 3.11. The van der Waals surface area contributed by atoms with E-state index in [2.05, 4.69) is 20.6 Å². The lowest BCUT2D eigenvalue weighted by Gasteiger charge is -2.22. The second-order valence-electron chi connectivity index (χ2n) is 6.29. The lowest BCUT2D eigenvalue weighted by atomic mass is 9.95. The number of hydrogen-bond donors (Lipinski definition) is 2. The highest BCUT2D eigenvalue weighted by atomic mass is 16.7. The Hall–Kier alpha value is -2.83. The number of nitrogens with zero attached hydrogens (tertiary/aromatic N) is 2. The van der Waals surface area contributed by atoms with Gasteiger partial charge < -0.3 is 20.1 Å². The van der Waals surface area contributed by atoms with Crippen LogP contribution in [-0.4, -0.2) is 28.7 Å². The van der Waals surface area contributed by atoms with Gasteiger partial charge in [0.05, 0.1) is 12.4 Å². The van der Waals surface area contributed by atoms with Crippen LogP contribution in [0.1, 0.15) is 42.6 Å². The number of rotatable bonds is 4. The van der Waals surface area contributed by atoms with E-state index in [-0.39, 0.29) is 18.7 Å². The van der Waals surface area contributed by atoms with Crippen molar-refractivity contribution >= 4 is 17.4 Å². The van der Waals surface area contributed by atoms with Crippen LogP contribution in [0.5, 0.6) is 11.5 Å². The number of carbonyl (C=O) groups excluding carboxylic acids is 1. The van der Waals surface area contributed by atoms with Gasteiger partial charge in [-0.15, -0.1) is 0 Å². The standard InChI is InChI=1S/C18H20N4O3/c23-18(22-12-4-2-1-3-5-12)14-9-20-17(10-19-14)21-13-6-7-15-16(8-13)25-11-24-15/h6-10,12H,1-5,11H2,(H,20,21)(H,22,23). The van der Waals surface area contributed by atoms with Gasteiger partial charge in [-0.05, 0) is 25.0 Å². The van der Waals surface area contributed by atoms with Crippen LogP contribution >= 0.6 is 0 Å². The third kappa shape index (κ3) is 3.65. The molecule has 1 aliphatic heterocycles. The van der Waals surface area contributed by atoms with Gasteiger partial charge in [0, 0.05) is 17.8 Å². The summed E-state index contributed by atoms with van der Waals surface area (Å²) in [6.07, 6.45) is 8.75. The fraction of sp³-hybridized carbons (Fsp3) is 0.389. The van der Waals surface area contributed by atoms with E-state index in [0.29, 0.717) is 17.3 Å². The van der Waals surface area contributed by atoms with Gasteiger partial charge >= 0.3 is 0 Å². The number of anilines is 2. The van der Waals surface area contributed by atoms with Crippen molar-refractivity contribution in [1.82, 2.24) is 15.3 Å². The number of nitrogens with one attached hydrogen (secondary N) is 2. The molecule has 2 aromatic rings. The van der Waals surface area contributed by atoms with Gasteiger partial charge in [-0.25, -0.2) is 9.97 Å². The fourth-order valence-corrected chi connectivity index (χ4v) is 3.14. The molecule has 0 bridgehead atoms. The summed E-state index contributed by atoms with van der Waals surface area (Å²) < 4.78 is 10.6. The monoisotopic (exact) mass is 340 g/mol. The first-order valence-corrected chi connectivity index (χ1v) is 8.57. The van der Waals surface area contributed by atoms with E-state index in [1.54, 1.807) is 6.20 Å². The first-order chi connectivity index (χ1) is 12.3. The van der Waals surface area contributed by atoms with E-state index in [0.717, 1.165) is 24.3 Å². The molecule has 2 heterocycles. The van der Waals surface area contributed by atoms with Gasteiger partial charge in [0.2, 0.25) is 6.79 Å². The van der Waals surface area contributed by atoms with Gasteiger partial charge in [-0.1, -0.05) is 19.3 Å². The number of carbonyl (C=O) groups is 1. The Bertz CT molecular complexity index is 757. The zero-order valence-corrected chi connectivity index (χ0v) is 13.8. The molecule has 1 aliphatic carbocycles. The summed E-state index contributed by atoms with van der Waals surface area (Å²) in [6, 6.07) is 5.81. The summed E-state index contributed by atoms with van der Waals surface area (Å²) >= 11 is 0. The van der Waals surface area contributed by atoms with E-state index in [1.807, 2.05) is 18.2 Å². The zero-order chi connectivity index (χ0) is 17.1. The molecule has 7 nitrogen and oxygen atoms in total. The van der Waals surface area contributed by atoms with Crippen LogP contribution in [0.15, 0.2) is 30.6 Å². The molecule has 7 heteroatoms. The fourth-order valence-electron chi connectivity index (χ4n) is 3.14. The first-order valence-electron chi connectivity index (χ1n) is 8.57. The van der Waals surface area contributed by atoms with Gasteiger partial charge in [0.15, 0.2) is 11.5 Å². The maximum atomic E-state index is 12.2. The molecule has 2 N–H and O–H groups in total. The minimum absolute atomic E-state index is 0.158. The largest absolute Gasteiger partial charge is 0.454 e. The minimum atomic E-state index is -0.158. The molecule has 25 heavy (non-hydrogen) atoms. The molecule has 0 atom stereocenters. The third-order valence-corrected chi connectivity index (χ3v) is 4.47. The van der Waals surface area contributed by atoms with Crippen molar-refractivity contribution in [1.29, 1.82) is 0 Å². The second kappa shape index (κ2) is 6.96. The molecule has 0 radical (unpaired) electrons. The summed E-state index contributed by atoms with van der Waals surface area (Å²) in [5.74, 6) is 1.83. The predicted octanol–water partition coefficient (Wildman–Crippen LogP) is 3.01. The molecule has 0 unspecified atom stereocenters. The quantitative estimate of drug-likeness (QED) is 0.890. The highest BCUT2D eigenvalue weighted by Gasteiger charge is 2.18. The van der Waals surface area contributed by atoms with Crippen molar-refractivity contribution in [3.63, 3.8) is 0 Å². The van der Waals surface area contributed by atoms with E-state index < -0.39 is 0 Å². The SMILES string of the molecule is O=C(NC1CCCCC1)c1cnc(Nc2ccc3c(c2)OCO3)cn1. The zero-order valence-electron chi connectivity index (χ0n) is 13.8. The van der Waals surface area contributed by atoms with Gasteiger partial charge in [0.1, 0.15) is 11.5 Å². The van der Waals surface area contributed by atoms with E-state index in [1.165, 1.54) is 25.5 Å². The Balaban J connectivity index is 1.38. The van der Waals surface area contributed by atoms with Crippen LogP contribution < -0.4 is 20.1 Å². The second-order valence-corrected chi connectivity index (χ2v) is 6.29. The van der Waals surface area contributed by atoms with Crippen molar-refractivity contribution in [2.45, 2.75) is 38.1 Å². The van der Waals surface area contributed by atoms with Crippen LogP contribution in [0.4, 0.5) is 11.5 Å². The predicted molar refractivity (Wildman–Crippen MR) is 92.2 cm³/mol. The summed E-state index contributed by atoms with van der Waals surface area (Å²) in [6.45, 7) is 0.239. The molecular weight excluding hydrogens is 320 g/mol. The lowest BCUT2D eigenvalue weighted by molar-refractivity contribution is 0.0922. The van der Waals surface area contributed by atoms with Crippen LogP contribution in [-0.2, 0) is 0 Å². The van der Waals surface area contributed by atoms with Crippen LogP contribution in [0.25, 0.3) is 0 Å². The highest BCUT2D eigenvalue weighted by molar-refractivity contribution is 5.92. The number of fused-ring (bicyclic) bond motifs is 1. The molecule has 2 aliphatic rings. The number of ether oxygens (including phenoxy) is 2. The third-order valence-electron chi connectivity index (χ3n) is 4.47. The Morgan fingerprint density at radius 1 is 1.04 bits per heavy atom. The van der Waals surface area contributed by atoms with Crippen molar-refractivity contribution in [2.24, 2.45) is 0 Å². The Morgan fingerprint density at radius 2 is 1.88 bits per heavy atom. The Labute approximate surface area is 145 Å². The minimum Gasteiger partial charge on any atom is -0.454 e. The molecule has 4 rings (SSSR count). The molecule has 1 saturated carbocycles. The van der Waals surface area contributed by atoms with Crippen molar-refractivity contribution in [3.8, 4) is 11.5 Å². The molecule has 0 spiro atoms. The summed E-state index contributed by atoms with van der Waals surface area (Å²) in [7, 11) is 0. The average molecular weight is 340 g/mol. The summed E-state index contributed by atoms with van der Waals surface area (Å²) in [4.78, 5) is 20.7. The molecule has 1 aromatic heterocycles. The molecule has 130 valence electrons. The molecular formula is C18H20N4O3. The Morgan fingerprint density at radius 3 is 2.68 bits per heavy atom.